The van der Waals surface area contributed by atoms with E-state index in [1.165, 1.54) is 11.3 Å². The van der Waals surface area contributed by atoms with Crippen molar-refractivity contribution in [1.82, 2.24) is 14.9 Å². The van der Waals surface area contributed by atoms with Crippen LogP contribution in [0, 0.1) is 25.2 Å². The molecule has 0 bridgehead atoms. The molecule has 0 saturated heterocycles. The fourth-order valence-electron chi connectivity index (χ4n) is 2.64. The largest absolute Gasteiger partial charge is 0.333 e. The smallest absolute Gasteiger partial charge is 0.266 e. The number of thiazole rings is 1. The van der Waals surface area contributed by atoms with E-state index in [0.717, 1.165) is 22.0 Å². The minimum atomic E-state index is -0.366. The molecule has 0 atom stereocenters. The minimum absolute atomic E-state index is 0.0431. The number of hydrogen-bond donors (Lipinski definition) is 1. The van der Waals surface area contributed by atoms with Crippen molar-refractivity contribution in [3.8, 4) is 6.07 Å². The lowest BCUT2D eigenvalue weighted by molar-refractivity contribution is 0.0737. The zero-order chi connectivity index (χ0) is 15.9. The number of amides is 1. The number of carbonyl (C=O) groups is 1. The minimum Gasteiger partial charge on any atom is -0.333 e. The number of aromatic amines is 1. The zero-order valence-electron chi connectivity index (χ0n) is 12.3. The second-order valence-electron chi connectivity index (χ2n) is 5.25. The van der Waals surface area contributed by atoms with Crippen molar-refractivity contribution in [2.24, 2.45) is 0 Å². The predicted molar refractivity (Wildman–Crippen MR) is 81.8 cm³/mol. The summed E-state index contributed by atoms with van der Waals surface area (Å²) < 4.78 is 0. The van der Waals surface area contributed by atoms with E-state index in [4.69, 9.17) is 5.26 Å². The molecule has 7 heteroatoms. The number of aryl methyl sites for hydroxylation is 2. The van der Waals surface area contributed by atoms with Crippen LogP contribution >= 0.6 is 11.3 Å². The van der Waals surface area contributed by atoms with E-state index in [0.29, 0.717) is 24.4 Å². The van der Waals surface area contributed by atoms with Crippen LogP contribution in [0.1, 0.15) is 37.2 Å². The fourth-order valence-corrected chi connectivity index (χ4v) is 3.52. The first-order chi connectivity index (χ1) is 10.5. The van der Waals surface area contributed by atoms with E-state index < -0.39 is 0 Å². The van der Waals surface area contributed by atoms with Gasteiger partial charge in [-0.1, -0.05) is 0 Å². The molecule has 3 rings (SSSR count). The molecule has 1 N–H and O–H groups in total. The lowest BCUT2D eigenvalue weighted by Crippen LogP contribution is -2.37. The fraction of sp³-hybridized carbons (Fsp3) is 0.333. The molecular weight excluding hydrogens is 300 g/mol. The van der Waals surface area contributed by atoms with Crippen molar-refractivity contribution in [2.45, 2.75) is 26.8 Å². The summed E-state index contributed by atoms with van der Waals surface area (Å²) in [7, 11) is 0. The van der Waals surface area contributed by atoms with E-state index in [1.54, 1.807) is 11.0 Å². The number of fused-ring (bicyclic) bond motifs is 1. The number of carbonyl (C=O) groups excluding carboxylic acids is 1. The number of pyridine rings is 1. The van der Waals surface area contributed by atoms with E-state index >= 15 is 0 Å². The van der Waals surface area contributed by atoms with Gasteiger partial charge in [-0.25, -0.2) is 4.98 Å². The summed E-state index contributed by atoms with van der Waals surface area (Å²) in [5, 5.41) is 9.82. The molecule has 0 radical (unpaired) electrons. The van der Waals surface area contributed by atoms with Crippen LogP contribution in [0.2, 0.25) is 0 Å². The molecule has 3 heterocycles. The number of rotatable bonds is 1. The number of nitrogens with one attached hydrogen (secondary N) is 1. The van der Waals surface area contributed by atoms with Gasteiger partial charge in [0.15, 0.2) is 0 Å². The third kappa shape index (κ3) is 2.42. The lowest BCUT2D eigenvalue weighted by atomic mass is 10.0. The summed E-state index contributed by atoms with van der Waals surface area (Å²) in [6.07, 6.45) is 0.582. The third-order valence-corrected chi connectivity index (χ3v) is 4.77. The van der Waals surface area contributed by atoms with E-state index in [9.17, 15) is 9.59 Å². The Morgan fingerprint density at radius 2 is 2.27 bits per heavy atom. The second-order valence-corrected chi connectivity index (χ2v) is 6.46. The van der Waals surface area contributed by atoms with Gasteiger partial charge in [0.25, 0.3) is 11.5 Å². The Kier molecular flexibility index (Phi) is 3.54. The van der Waals surface area contributed by atoms with Crippen LogP contribution in [-0.4, -0.2) is 27.3 Å². The molecular formula is C15H14N4O2S. The Morgan fingerprint density at radius 1 is 1.50 bits per heavy atom. The molecule has 1 aliphatic heterocycles. The predicted octanol–water partition coefficient (Wildman–Crippen LogP) is 1.52. The van der Waals surface area contributed by atoms with Gasteiger partial charge >= 0.3 is 0 Å². The van der Waals surface area contributed by atoms with Crippen molar-refractivity contribution >= 4 is 17.2 Å². The van der Waals surface area contributed by atoms with Crippen LogP contribution in [0.4, 0.5) is 0 Å². The topological polar surface area (TPSA) is 89.8 Å². The van der Waals surface area contributed by atoms with Gasteiger partial charge in [0.2, 0.25) is 0 Å². The molecule has 1 amide bonds. The Labute approximate surface area is 131 Å². The molecule has 0 aromatic carbocycles. The van der Waals surface area contributed by atoms with Crippen LogP contribution in [-0.2, 0) is 13.0 Å². The number of aromatic nitrogens is 2. The lowest BCUT2D eigenvalue weighted by Gasteiger charge is -2.28. The van der Waals surface area contributed by atoms with Crippen molar-refractivity contribution in [2.75, 3.05) is 6.54 Å². The molecule has 0 fully saturated rings. The quantitative estimate of drug-likeness (QED) is 0.864. The van der Waals surface area contributed by atoms with Gasteiger partial charge in [-0.3, -0.25) is 9.59 Å². The van der Waals surface area contributed by atoms with Gasteiger partial charge in [-0.05, 0) is 25.5 Å². The highest BCUT2D eigenvalue weighted by atomic mass is 32.1. The maximum Gasteiger partial charge on any atom is 0.266 e. The van der Waals surface area contributed by atoms with Gasteiger partial charge in [0.05, 0.1) is 10.7 Å². The highest BCUT2D eigenvalue weighted by molar-refractivity contribution is 7.13. The monoisotopic (exact) mass is 314 g/mol. The van der Waals surface area contributed by atoms with Crippen LogP contribution in [0.5, 0.6) is 0 Å². The number of nitriles is 1. The molecule has 2 aromatic heterocycles. The first-order valence-corrected chi connectivity index (χ1v) is 7.69. The second kappa shape index (κ2) is 5.39. The molecule has 6 nitrogen and oxygen atoms in total. The van der Waals surface area contributed by atoms with Crippen LogP contribution < -0.4 is 5.56 Å². The summed E-state index contributed by atoms with van der Waals surface area (Å²) in [5.41, 5.74) is 2.10. The summed E-state index contributed by atoms with van der Waals surface area (Å²) in [6, 6.07) is 3.46. The highest BCUT2D eigenvalue weighted by Gasteiger charge is 2.25. The van der Waals surface area contributed by atoms with Gasteiger partial charge in [-0.2, -0.15) is 5.26 Å². The van der Waals surface area contributed by atoms with Crippen LogP contribution in [0.15, 0.2) is 10.9 Å². The summed E-state index contributed by atoms with van der Waals surface area (Å²) in [4.78, 5) is 33.7. The van der Waals surface area contributed by atoms with Gasteiger partial charge in [-0.15, -0.1) is 11.3 Å². The highest BCUT2D eigenvalue weighted by Crippen LogP contribution is 2.23. The van der Waals surface area contributed by atoms with E-state index in [-0.39, 0.29) is 17.0 Å². The van der Waals surface area contributed by atoms with Crippen LogP contribution in [0.3, 0.4) is 0 Å². The van der Waals surface area contributed by atoms with Crippen molar-refractivity contribution < 1.29 is 4.79 Å². The van der Waals surface area contributed by atoms with Crippen molar-refractivity contribution in [1.29, 1.82) is 5.26 Å². The SMILES string of the molecule is Cc1nc(C)c(C(=O)N2CCc3[nH]c(=O)c(C#N)cc3C2)s1. The van der Waals surface area contributed by atoms with Crippen molar-refractivity contribution in [3.63, 3.8) is 0 Å². The normalized spacial score (nSPS) is 13.6. The standard InChI is InChI=1S/C15H14N4O2S/c1-8-13(22-9(2)17-8)15(21)19-4-3-12-11(7-19)5-10(6-16)14(20)18-12/h5H,3-4,7H2,1-2H3,(H,18,20). The average Bonchev–Trinajstić information content (AvgIpc) is 2.84. The number of H-pyrrole nitrogens is 1. The first-order valence-electron chi connectivity index (χ1n) is 6.88. The van der Waals surface area contributed by atoms with Gasteiger partial charge in [0.1, 0.15) is 16.5 Å². The molecule has 2 aromatic rings. The molecule has 0 spiro atoms. The van der Waals surface area contributed by atoms with E-state index in [1.807, 2.05) is 19.9 Å². The molecule has 0 aliphatic carbocycles. The Morgan fingerprint density at radius 3 is 2.91 bits per heavy atom. The Balaban J connectivity index is 1.91. The zero-order valence-corrected chi connectivity index (χ0v) is 13.1. The molecule has 112 valence electrons. The first kappa shape index (κ1) is 14.5. The van der Waals surface area contributed by atoms with E-state index in [2.05, 4.69) is 9.97 Å². The Hall–Kier alpha value is -2.46. The maximum atomic E-state index is 12.6. The maximum absolute atomic E-state index is 12.6. The third-order valence-electron chi connectivity index (χ3n) is 3.71. The number of hydrogen-bond acceptors (Lipinski definition) is 5. The molecule has 0 unspecified atom stereocenters. The Bertz CT molecular complexity index is 859. The molecule has 0 saturated carbocycles. The summed E-state index contributed by atoms with van der Waals surface area (Å²) >= 11 is 1.40. The van der Waals surface area contributed by atoms with Gasteiger partial charge < -0.3 is 9.88 Å². The molecule has 22 heavy (non-hydrogen) atoms. The van der Waals surface area contributed by atoms with Crippen LogP contribution in [0.25, 0.3) is 0 Å². The van der Waals surface area contributed by atoms with Gasteiger partial charge in [0, 0.05) is 25.2 Å². The summed E-state index contributed by atoms with van der Waals surface area (Å²) in [6.45, 7) is 4.66. The summed E-state index contributed by atoms with van der Waals surface area (Å²) in [5.74, 6) is -0.0431. The van der Waals surface area contributed by atoms with Crippen molar-refractivity contribution in [3.05, 3.63) is 48.8 Å². The number of nitrogens with zero attached hydrogens (tertiary/aromatic N) is 3. The molecule has 1 aliphatic rings. The average molecular weight is 314 g/mol.